The minimum Gasteiger partial charge on any atom is -0.454 e. The van der Waals surface area contributed by atoms with Gasteiger partial charge >= 0.3 is 0 Å². The van der Waals surface area contributed by atoms with Crippen LogP contribution in [-0.4, -0.2) is 21.4 Å². The third kappa shape index (κ3) is 3.42. The fourth-order valence-electron chi connectivity index (χ4n) is 3.93. The molecule has 3 aromatic carbocycles. The molecule has 0 aliphatic carbocycles. The summed E-state index contributed by atoms with van der Waals surface area (Å²) in [5, 5.41) is 9.00. The summed E-state index contributed by atoms with van der Waals surface area (Å²) < 4.78 is 41.3. The van der Waals surface area contributed by atoms with Crippen molar-refractivity contribution in [2.45, 2.75) is 6.42 Å². The average molecular weight is 482 g/mol. The number of hydrogen-bond acceptors (Lipinski definition) is 5. The quantitative estimate of drug-likeness (QED) is 0.299. The Morgan fingerprint density at radius 3 is 2.61 bits per heavy atom. The maximum absolute atomic E-state index is 14.9. The van der Waals surface area contributed by atoms with E-state index in [2.05, 4.69) is 10.2 Å². The van der Waals surface area contributed by atoms with Crippen LogP contribution in [0.25, 0.3) is 26.7 Å². The maximum Gasteiger partial charge on any atom is 0.231 e. The molecule has 1 aliphatic rings. The molecular formula is C24H14ClF2N3O2S. The number of rotatable bonds is 4. The molecule has 33 heavy (non-hydrogen) atoms. The summed E-state index contributed by atoms with van der Waals surface area (Å²) in [4.78, 5) is 1.18. The van der Waals surface area contributed by atoms with Crippen LogP contribution < -0.4 is 9.47 Å². The van der Waals surface area contributed by atoms with Gasteiger partial charge in [-0.3, -0.25) is 4.40 Å². The molecule has 3 heterocycles. The lowest BCUT2D eigenvalue weighted by Gasteiger charge is -2.10. The minimum atomic E-state index is -0.444. The molecule has 0 spiro atoms. The number of nitrogens with zero attached hydrogens (tertiary/aromatic N) is 3. The number of thiazole rings is 1. The van der Waals surface area contributed by atoms with Gasteiger partial charge < -0.3 is 9.47 Å². The normalized spacial score (nSPS) is 12.6. The van der Waals surface area contributed by atoms with E-state index in [-0.39, 0.29) is 23.2 Å². The van der Waals surface area contributed by atoms with Gasteiger partial charge in [0, 0.05) is 17.5 Å². The van der Waals surface area contributed by atoms with Crippen molar-refractivity contribution in [2.24, 2.45) is 0 Å². The molecule has 0 amide bonds. The maximum atomic E-state index is 14.9. The van der Waals surface area contributed by atoms with Crippen LogP contribution in [0.1, 0.15) is 11.4 Å². The zero-order valence-electron chi connectivity index (χ0n) is 16.9. The molecule has 2 aromatic heterocycles. The molecule has 0 fully saturated rings. The summed E-state index contributed by atoms with van der Waals surface area (Å²) in [7, 11) is 0. The highest BCUT2D eigenvalue weighted by Crippen LogP contribution is 2.43. The fraction of sp³-hybridized carbons (Fsp3) is 0.0833. The van der Waals surface area contributed by atoms with E-state index >= 15 is 0 Å². The largest absolute Gasteiger partial charge is 0.454 e. The molecule has 0 radical (unpaired) electrons. The summed E-state index contributed by atoms with van der Waals surface area (Å²) in [5.74, 6) is 1.22. The van der Waals surface area contributed by atoms with Crippen molar-refractivity contribution in [1.82, 2.24) is 14.6 Å². The minimum absolute atomic E-state index is 0.194. The monoisotopic (exact) mass is 481 g/mol. The molecule has 0 N–H and O–H groups in total. The van der Waals surface area contributed by atoms with Gasteiger partial charge in [0.05, 0.1) is 15.6 Å². The Kier molecular flexibility index (Phi) is 4.78. The van der Waals surface area contributed by atoms with Crippen LogP contribution >= 0.6 is 22.9 Å². The van der Waals surface area contributed by atoms with Crippen molar-refractivity contribution in [3.63, 3.8) is 0 Å². The van der Waals surface area contributed by atoms with E-state index in [0.717, 1.165) is 5.56 Å². The van der Waals surface area contributed by atoms with Gasteiger partial charge in [-0.25, -0.2) is 8.78 Å². The van der Waals surface area contributed by atoms with Crippen LogP contribution in [0.3, 0.4) is 0 Å². The first kappa shape index (κ1) is 20.1. The van der Waals surface area contributed by atoms with Crippen LogP contribution in [0.15, 0.2) is 60.7 Å². The third-order valence-corrected chi connectivity index (χ3v) is 6.80. The van der Waals surface area contributed by atoms with Crippen molar-refractivity contribution in [1.29, 1.82) is 0 Å². The molecule has 164 valence electrons. The van der Waals surface area contributed by atoms with Crippen molar-refractivity contribution >= 4 is 27.9 Å². The van der Waals surface area contributed by atoms with Gasteiger partial charge in [0.25, 0.3) is 0 Å². The highest BCUT2D eigenvalue weighted by molar-refractivity contribution is 7.21. The Bertz CT molecular complexity index is 1490. The Morgan fingerprint density at radius 1 is 0.970 bits per heavy atom. The molecule has 0 bridgehead atoms. The number of aromatic nitrogens is 3. The smallest absolute Gasteiger partial charge is 0.231 e. The molecule has 0 unspecified atom stereocenters. The van der Waals surface area contributed by atoms with Crippen molar-refractivity contribution in [3.05, 3.63) is 88.7 Å². The SMILES string of the molecule is Fc1ccc(-c2c(-c3c(F)cccc3Cl)sc3nnc(Cc4ccc5c(c4)OCO5)n23)cc1. The molecular weight excluding hydrogens is 468 g/mol. The molecule has 0 atom stereocenters. The number of fused-ring (bicyclic) bond motifs is 2. The van der Waals surface area contributed by atoms with Gasteiger partial charge in [-0.15, -0.1) is 10.2 Å². The van der Waals surface area contributed by atoms with E-state index in [4.69, 9.17) is 21.1 Å². The molecule has 0 saturated carbocycles. The lowest BCUT2D eigenvalue weighted by atomic mass is 10.1. The van der Waals surface area contributed by atoms with E-state index in [0.29, 0.717) is 44.8 Å². The lowest BCUT2D eigenvalue weighted by Crippen LogP contribution is -1.99. The van der Waals surface area contributed by atoms with Crippen molar-refractivity contribution < 1.29 is 18.3 Å². The van der Waals surface area contributed by atoms with Crippen molar-refractivity contribution in [3.8, 4) is 33.2 Å². The van der Waals surface area contributed by atoms with Crippen LogP contribution in [-0.2, 0) is 6.42 Å². The van der Waals surface area contributed by atoms with Gasteiger partial charge in [-0.05, 0) is 54.1 Å². The first-order chi connectivity index (χ1) is 16.1. The first-order valence-corrected chi connectivity index (χ1v) is 11.2. The van der Waals surface area contributed by atoms with Crippen LogP contribution in [0.2, 0.25) is 5.02 Å². The summed E-state index contributed by atoms with van der Waals surface area (Å²) in [6.45, 7) is 0.194. The Labute approximate surface area is 195 Å². The number of hydrogen-bond donors (Lipinski definition) is 0. The summed E-state index contributed by atoms with van der Waals surface area (Å²) in [5.41, 5.74) is 2.59. The molecule has 5 aromatic rings. The average Bonchev–Trinajstić information content (AvgIpc) is 3.51. The van der Waals surface area contributed by atoms with Crippen molar-refractivity contribution in [2.75, 3.05) is 6.79 Å². The van der Waals surface area contributed by atoms with Crippen LogP contribution in [0.4, 0.5) is 8.78 Å². The molecule has 6 rings (SSSR count). The second-order valence-corrected chi connectivity index (χ2v) is 8.87. The third-order valence-electron chi connectivity index (χ3n) is 5.44. The van der Waals surface area contributed by atoms with Crippen LogP contribution in [0, 0.1) is 11.6 Å². The molecule has 9 heteroatoms. The van der Waals surface area contributed by atoms with Crippen LogP contribution in [0.5, 0.6) is 11.5 Å². The summed E-state index contributed by atoms with van der Waals surface area (Å²) in [6.07, 6.45) is 0.452. The number of halogens is 3. The lowest BCUT2D eigenvalue weighted by molar-refractivity contribution is 0.174. The highest BCUT2D eigenvalue weighted by atomic mass is 35.5. The topological polar surface area (TPSA) is 48.7 Å². The van der Waals surface area contributed by atoms with E-state index in [1.54, 1.807) is 24.3 Å². The molecule has 0 saturated heterocycles. The summed E-state index contributed by atoms with van der Waals surface area (Å²) >= 11 is 7.68. The van der Waals surface area contributed by atoms with E-state index in [1.807, 2.05) is 22.6 Å². The van der Waals surface area contributed by atoms with Gasteiger partial charge in [0.1, 0.15) is 17.5 Å². The van der Waals surface area contributed by atoms with E-state index in [1.165, 1.54) is 29.5 Å². The van der Waals surface area contributed by atoms with E-state index in [9.17, 15) is 8.78 Å². The van der Waals surface area contributed by atoms with Gasteiger partial charge in [-0.2, -0.15) is 0 Å². The second-order valence-electron chi connectivity index (χ2n) is 7.48. The summed E-state index contributed by atoms with van der Waals surface area (Å²) in [6, 6.07) is 16.3. The molecule has 5 nitrogen and oxygen atoms in total. The Morgan fingerprint density at radius 2 is 1.79 bits per heavy atom. The zero-order chi connectivity index (χ0) is 22.5. The zero-order valence-corrected chi connectivity index (χ0v) is 18.5. The second kappa shape index (κ2) is 7.83. The predicted octanol–water partition coefficient (Wildman–Crippen LogP) is 6.38. The first-order valence-electron chi connectivity index (χ1n) is 10.0. The Hall–Kier alpha value is -3.49. The number of benzene rings is 3. The van der Waals surface area contributed by atoms with Gasteiger partial charge in [0.2, 0.25) is 11.8 Å². The van der Waals surface area contributed by atoms with E-state index < -0.39 is 5.82 Å². The number of ether oxygens (including phenoxy) is 2. The fourth-order valence-corrected chi connectivity index (χ4v) is 5.41. The predicted molar refractivity (Wildman–Crippen MR) is 122 cm³/mol. The highest BCUT2D eigenvalue weighted by Gasteiger charge is 2.24. The molecule has 1 aliphatic heterocycles. The van der Waals surface area contributed by atoms with Gasteiger partial charge in [0.15, 0.2) is 11.5 Å². The standard InChI is InChI=1S/C24H14ClF2N3O2S/c25-16-2-1-3-17(27)21(16)23-22(14-5-7-15(26)8-6-14)30-20(28-29-24(30)33-23)11-13-4-9-18-19(10-13)32-12-31-18/h1-10H,11-12H2. The van der Waals surface area contributed by atoms with Gasteiger partial charge in [-0.1, -0.05) is 35.1 Å². The Balaban J connectivity index is 1.56.